The van der Waals surface area contributed by atoms with Gasteiger partial charge in [-0.15, -0.1) is 0 Å². The van der Waals surface area contributed by atoms with Crippen molar-refractivity contribution in [3.05, 3.63) is 176 Å². The third-order valence-electron chi connectivity index (χ3n) is 9.70. The van der Waals surface area contributed by atoms with Crippen molar-refractivity contribution in [1.82, 2.24) is 14.1 Å². The van der Waals surface area contributed by atoms with E-state index in [0.29, 0.717) is 0 Å². The zero-order valence-electron chi connectivity index (χ0n) is 28.2. The topological polar surface area (TPSA) is 35.1 Å². The molecule has 0 saturated heterocycles. The van der Waals surface area contributed by atoms with Crippen molar-refractivity contribution < 1.29 is 0 Å². The maximum atomic E-state index is 5.38. The number of rotatable bonds is 7. The highest BCUT2D eigenvalue weighted by molar-refractivity contribution is 6.14. The number of para-hydroxylation sites is 3. The normalized spacial score (nSPS) is 11.6. The van der Waals surface area contributed by atoms with Crippen molar-refractivity contribution in [2.24, 2.45) is 4.99 Å². The fourth-order valence-electron chi connectivity index (χ4n) is 7.47. The average molecular weight is 655 g/mol. The highest BCUT2D eigenvalue weighted by atomic mass is 15.1. The average Bonchev–Trinajstić information content (AvgIpc) is 3.71. The molecule has 0 atom stereocenters. The molecular weight excluding hydrogens is 621 g/mol. The lowest BCUT2D eigenvalue weighted by atomic mass is 10.00. The van der Waals surface area contributed by atoms with Gasteiger partial charge in [-0.2, -0.15) is 0 Å². The van der Waals surface area contributed by atoms with Crippen molar-refractivity contribution in [1.29, 1.82) is 0 Å². The fourth-order valence-corrected chi connectivity index (χ4v) is 7.47. The summed E-state index contributed by atoms with van der Waals surface area (Å²) in [5.74, 6) is 0.869. The zero-order chi connectivity index (χ0) is 34.3. The van der Waals surface area contributed by atoms with Crippen molar-refractivity contribution in [2.75, 3.05) is 0 Å². The Balaban J connectivity index is 1.34. The summed E-state index contributed by atoms with van der Waals surface area (Å²) < 4.78 is 4.61. The van der Waals surface area contributed by atoms with E-state index in [9.17, 15) is 0 Å². The smallest absolute Gasteiger partial charge is 0.138 e. The zero-order valence-corrected chi connectivity index (χ0v) is 28.2. The third-order valence-corrected chi connectivity index (χ3v) is 9.70. The lowest BCUT2D eigenvalue weighted by molar-refractivity contribution is 1.08. The van der Waals surface area contributed by atoms with Crippen molar-refractivity contribution in [2.45, 2.75) is 6.92 Å². The SMILES string of the molecule is C=Nc1c(/C=C\C)n(-c2ccccc2)c2ccc(-c3cccc4c5ccccc5n(-c5cc(-c6ccccc6)cc(-c6ccccc6)n5)c34)cc12. The van der Waals surface area contributed by atoms with Gasteiger partial charge in [0.15, 0.2) is 0 Å². The molecule has 0 spiro atoms. The van der Waals surface area contributed by atoms with Gasteiger partial charge in [0.25, 0.3) is 0 Å². The van der Waals surface area contributed by atoms with Gasteiger partial charge in [-0.25, -0.2) is 4.98 Å². The second-order valence-electron chi connectivity index (χ2n) is 12.7. The number of fused-ring (bicyclic) bond motifs is 4. The largest absolute Gasteiger partial charge is 0.308 e. The minimum absolute atomic E-state index is 0.867. The molecule has 0 N–H and O–H groups in total. The Hall–Kier alpha value is -6.78. The number of allylic oxidation sites excluding steroid dienone is 1. The molecule has 51 heavy (non-hydrogen) atoms. The van der Waals surface area contributed by atoms with E-state index in [4.69, 9.17) is 4.98 Å². The van der Waals surface area contributed by atoms with Crippen LogP contribution in [0, 0.1) is 0 Å². The first kappa shape index (κ1) is 30.3. The Morgan fingerprint density at radius 2 is 1.22 bits per heavy atom. The summed E-state index contributed by atoms with van der Waals surface area (Å²) in [6.07, 6.45) is 4.17. The van der Waals surface area contributed by atoms with Crippen molar-refractivity contribution >= 4 is 51.2 Å². The van der Waals surface area contributed by atoms with E-state index in [1.54, 1.807) is 0 Å². The Morgan fingerprint density at radius 1 is 0.549 bits per heavy atom. The summed E-state index contributed by atoms with van der Waals surface area (Å²) in [5, 5.41) is 3.41. The quantitative estimate of drug-likeness (QED) is 0.158. The molecule has 0 unspecified atom stereocenters. The van der Waals surface area contributed by atoms with Crippen LogP contribution in [-0.2, 0) is 0 Å². The standard InChI is InChI=1S/C47H34N4/c1-3-16-44-46(48-2)40-29-34(27-28-43(40)50(44)36-21-11-6-12-22-36)37-24-15-25-39-38-23-13-14-26-42(38)51(47(37)39)45-31-35(32-17-7-4-8-18-32)30-41(49-45)33-19-9-5-10-20-33/h3-31H,2H2,1H3/b16-3-. The number of nitrogens with zero attached hydrogens (tertiary/aromatic N) is 4. The van der Waals surface area contributed by atoms with Crippen molar-refractivity contribution in [3.8, 4) is 45.0 Å². The molecule has 4 heteroatoms. The maximum absolute atomic E-state index is 5.38. The molecule has 4 nitrogen and oxygen atoms in total. The Labute approximate surface area is 296 Å². The highest BCUT2D eigenvalue weighted by Gasteiger charge is 2.21. The molecule has 0 radical (unpaired) electrons. The van der Waals surface area contributed by atoms with E-state index in [0.717, 1.165) is 78.3 Å². The fraction of sp³-hybridized carbons (Fsp3) is 0.0213. The molecule has 9 rings (SSSR count). The summed E-state index contributed by atoms with van der Waals surface area (Å²) in [6.45, 7) is 6.06. The van der Waals surface area contributed by atoms with E-state index < -0.39 is 0 Å². The monoisotopic (exact) mass is 654 g/mol. The number of benzene rings is 6. The van der Waals surface area contributed by atoms with Gasteiger partial charge in [0.1, 0.15) is 5.82 Å². The van der Waals surface area contributed by atoms with Crippen LogP contribution in [0.15, 0.2) is 175 Å². The summed E-state index contributed by atoms with van der Waals surface area (Å²) in [7, 11) is 0. The van der Waals surface area contributed by atoms with Crippen LogP contribution in [0.25, 0.3) is 83.8 Å². The van der Waals surface area contributed by atoms with Crippen LogP contribution in [0.2, 0.25) is 0 Å². The van der Waals surface area contributed by atoms with E-state index >= 15 is 0 Å². The summed E-state index contributed by atoms with van der Waals surface area (Å²) in [4.78, 5) is 9.98. The highest BCUT2D eigenvalue weighted by Crippen LogP contribution is 2.42. The molecule has 0 aliphatic rings. The summed E-state index contributed by atoms with van der Waals surface area (Å²) in [6, 6.07) is 57.8. The van der Waals surface area contributed by atoms with Crippen LogP contribution in [-0.4, -0.2) is 20.8 Å². The van der Waals surface area contributed by atoms with Gasteiger partial charge in [-0.1, -0.05) is 127 Å². The van der Waals surface area contributed by atoms with E-state index in [-0.39, 0.29) is 0 Å². The molecule has 3 aromatic heterocycles. The van der Waals surface area contributed by atoms with Gasteiger partial charge in [0.2, 0.25) is 0 Å². The lowest BCUT2D eigenvalue weighted by Gasteiger charge is -2.15. The minimum Gasteiger partial charge on any atom is -0.308 e. The molecule has 242 valence electrons. The number of hydrogen-bond donors (Lipinski definition) is 0. The van der Waals surface area contributed by atoms with Crippen molar-refractivity contribution in [3.63, 3.8) is 0 Å². The number of aliphatic imine (C=N–C) groups is 1. The number of pyridine rings is 1. The van der Waals surface area contributed by atoms with E-state index in [2.05, 4.69) is 185 Å². The van der Waals surface area contributed by atoms with Gasteiger partial charge < -0.3 is 4.57 Å². The van der Waals surface area contributed by atoms with Crippen LogP contribution in [0.3, 0.4) is 0 Å². The van der Waals surface area contributed by atoms with Crippen LogP contribution in [0.1, 0.15) is 12.6 Å². The third kappa shape index (κ3) is 5.08. The summed E-state index contributed by atoms with van der Waals surface area (Å²) in [5.41, 5.74) is 12.7. The van der Waals surface area contributed by atoms with Gasteiger partial charge in [-0.05, 0) is 78.9 Å². The first-order chi connectivity index (χ1) is 25.2. The van der Waals surface area contributed by atoms with Gasteiger partial charge in [0.05, 0.1) is 33.6 Å². The van der Waals surface area contributed by atoms with Gasteiger partial charge >= 0.3 is 0 Å². The van der Waals surface area contributed by atoms with Crippen LogP contribution in [0.5, 0.6) is 0 Å². The molecule has 0 amide bonds. The maximum Gasteiger partial charge on any atom is 0.138 e. The molecule has 0 bridgehead atoms. The molecule has 3 heterocycles. The molecule has 0 aliphatic heterocycles. The van der Waals surface area contributed by atoms with Crippen LogP contribution in [0.4, 0.5) is 5.69 Å². The summed E-state index contributed by atoms with van der Waals surface area (Å²) >= 11 is 0. The van der Waals surface area contributed by atoms with E-state index in [1.807, 2.05) is 19.1 Å². The Bertz CT molecular complexity index is 2690. The first-order valence-electron chi connectivity index (χ1n) is 17.2. The molecule has 0 aliphatic carbocycles. The predicted octanol–water partition coefficient (Wildman–Crippen LogP) is 12.5. The van der Waals surface area contributed by atoms with Gasteiger partial charge in [-0.3, -0.25) is 9.56 Å². The molecule has 9 aromatic rings. The van der Waals surface area contributed by atoms with E-state index in [1.165, 1.54) is 10.8 Å². The molecule has 0 saturated carbocycles. The second kappa shape index (κ2) is 12.6. The van der Waals surface area contributed by atoms with Gasteiger partial charge in [0, 0.05) is 33.0 Å². The second-order valence-corrected chi connectivity index (χ2v) is 12.7. The molecule has 6 aromatic carbocycles. The molecule has 0 fully saturated rings. The Morgan fingerprint density at radius 3 is 1.96 bits per heavy atom. The lowest BCUT2D eigenvalue weighted by Crippen LogP contribution is -2.01. The number of hydrogen-bond acceptors (Lipinski definition) is 2. The predicted molar refractivity (Wildman–Crippen MR) is 216 cm³/mol. The van der Waals surface area contributed by atoms with Crippen LogP contribution >= 0.6 is 0 Å². The minimum atomic E-state index is 0.867. The number of aromatic nitrogens is 3. The molecular formula is C47H34N4. The first-order valence-corrected chi connectivity index (χ1v) is 17.2. The Kier molecular flexibility index (Phi) is 7.48. The van der Waals surface area contributed by atoms with Crippen LogP contribution < -0.4 is 0 Å².